The van der Waals surface area contributed by atoms with Crippen molar-refractivity contribution in [1.82, 2.24) is 5.32 Å². The third-order valence-electron chi connectivity index (χ3n) is 4.10. The lowest BCUT2D eigenvalue weighted by Gasteiger charge is -2.18. The SMILES string of the molecule is CCOc1cccc(CNC(=O)[C@@H](CC)Oc2ccc(C)c(C)c2)c1. The highest BCUT2D eigenvalue weighted by atomic mass is 16.5. The predicted octanol–water partition coefficient (Wildman–Crippen LogP) is 4.18. The van der Waals surface area contributed by atoms with Crippen molar-refractivity contribution >= 4 is 5.91 Å². The smallest absolute Gasteiger partial charge is 0.261 e. The zero-order valence-electron chi connectivity index (χ0n) is 15.5. The van der Waals surface area contributed by atoms with Crippen LogP contribution >= 0.6 is 0 Å². The van der Waals surface area contributed by atoms with E-state index in [1.54, 1.807) is 0 Å². The number of aryl methyl sites for hydroxylation is 2. The first-order valence-electron chi connectivity index (χ1n) is 8.76. The Hall–Kier alpha value is -2.49. The lowest BCUT2D eigenvalue weighted by atomic mass is 10.1. The van der Waals surface area contributed by atoms with Crippen LogP contribution in [0.5, 0.6) is 11.5 Å². The molecule has 2 rings (SSSR count). The fraction of sp³-hybridized carbons (Fsp3) is 0.381. The van der Waals surface area contributed by atoms with Crippen LogP contribution in [0.4, 0.5) is 0 Å². The number of amides is 1. The molecule has 2 aromatic carbocycles. The zero-order valence-corrected chi connectivity index (χ0v) is 15.5. The van der Waals surface area contributed by atoms with Crippen molar-refractivity contribution in [2.45, 2.75) is 46.8 Å². The van der Waals surface area contributed by atoms with Gasteiger partial charge in [0, 0.05) is 6.54 Å². The van der Waals surface area contributed by atoms with Gasteiger partial charge in [-0.05, 0) is 68.1 Å². The van der Waals surface area contributed by atoms with E-state index in [2.05, 4.69) is 12.2 Å². The van der Waals surface area contributed by atoms with E-state index in [0.717, 1.165) is 22.6 Å². The van der Waals surface area contributed by atoms with Crippen molar-refractivity contribution in [3.8, 4) is 11.5 Å². The third-order valence-corrected chi connectivity index (χ3v) is 4.10. The molecule has 1 N–H and O–H groups in total. The summed E-state index contributed by atoms with van der Waals surface area (Å²) in [5, 5.41) is 2.95. The Labute approximate surface area is 150 Å². The summed E-state index contributed by atoms with van der Waals surface area (Å²) >= 11 is 0. The molecule has 0 saturated heterocycles. The highest BCUT2D eigenvalue weighted by molar-refractivity contribution is 5.81. The molecule has 0 fully saturated rings. The highest BCUT2D eigenvalue weighted by Gasteiger charge is 2.18. The maximum absolute atomic E-state index is 12.4. The Morgan fingerprint density at radius 1 is 1.04 bits per heavy atom. The van der Waals surface area contributed by atoms with E-state index in [0.29, 0.717) is 19.6 Å². The second-order valence-electron chi connectivity index (χ2n) is 6.06. The van der Waals surface area contributed by atoms with Gasteiger partial charge in [0.1, 0.15) is 11.5 Å². The minimum absolute atomic E-state index is 0.109. The van der Waals surface area contributed by atoms with Gasteiger partial charge in [0.2, 0.25) is 0 Å². The molecule has 25 heavy (non-hydrogen) atoms. The zero-order chi connectivity index (χ0) is 18.2. The van der Waals surface area contributed by atoms with Gasteiger partial charge in [-0.25, -0.2) is 0 Å². The van der Waals surface area contributed by atoms with E-state index in [1.807, 2.05) is 63.2 Å². The number of carbonyl (C=O) groups is 1. The first-order valence-corrected chi connectivity index (χ1v) is 8.76. The van der Waals surface area contributed by atoms with Crippen molar-refractivity contribution in [3.63, 3.8) is 0 Å². The molecule has 0 bridgehead atoms. The molecule has 4 heteroatoms. The second-order valence-corrected chi connectivity index (χ2v) is 6.06. The van der Waals surface area contributed by atoms with Crippen LogP contribution in [0.2, 0.25) is 0 Å². The fourth-order valence-electron chi connectivity index (χ4n) is 2.49. The van der Waals surface area contributed by atoms with Gasteiger partial charge >= 0.3 is 0 Å². The van der Waals surface area contributed by atoms with E-state index < -0.39 is 6.10 Å². The molecule has 0 spiro atoms. The van der Waals surface area contributed by atoms with Crippen LogP contribution in [0.15, 0.2) is 42.5 Å². The van der Waals surface area contributed by atoms with Gasteiger partial charge in [-0.1, -0.05) is 25.1 Å². The lowest BCUT2D eigenvalue weighted by molar-refractivity contribution is -0.128. The van der Waals surface area contributed by atoms with E-state index >= 15 is 0 Å². The maximum atomic E-state index is 12.4. The summed E-state index contributed by atoms with van der Waals surface area (Å²) in [6, 6.07) is 13.6. The van der Waals surface area contributed by atoms with Crippen molar-refractivity contribution in [2.24, 2.45) is 0 Å². The maximum Gasteiger partial charge on any atom is 0.261 e. The average molecular weight is 341 g/mol. The number of rotatable bonds is 8. The standard InChI is InChI=1S/C21H27NO3/c1-5-20(25-19-11-10-15(3)16(4)12-19)21(23)22-14-17-8-7-9-18(13-17)24-6-2/h7-13,20H,5-6,14H2,1-4H3,(H,22,23)/t20-/m1/s1. The van der Waals surface area contributed by atoms with Gasteiger partial charge in [-0.2, -0.15) is 0 Å². The molecule has 0 aliphatic rings. The molecule has 1 atom stereocenters. The molecule has 2 aromatic rings. The minimum Gasteiger partial charge on any atom is -0.494 e. The van der Waals surface area contributed by atoms with Crippen LogP contribution in [0.25, 0.3) is 0 Å². The quantitative estimate of drug-likeness (QED) is 0.784. The lowest BCUT2D eigenvalue weighted by Crippen LogP contribution is -2.37. The first-order chi connectivity index (χ1) is 12.0. The Morgan fingerprint density at radius 3 is 2.52 bits per heavy atom. The molecule has 0 aromatic heterocycles. The molecule has 0 heterocycles. The fourth-order valence-corrected chi connectivity index (χ4v) is 2.49. The molecule has 134 valence electrons. The molecular formula is C21H27NO3. The Morgan fingerprint density at radius 2 is 1.84 bits per heavy atom. The van der Waals surface area contributed by atoms with E-state index in [-0.39, 0.29) is 5.91 Å². The largest absolute Gasteiger partial charge is 0.494 e. The summed E-state index contributed by atoms with van der Waals surface area (Å²) in [6.45, 7) is 9.06. The van der Waals surface area contributed by atoms with E-state index in [9.17, 15) is 4.79 Å². The van der Waals surface area contributed by atoms with Crippen LogP contribution in [0.1, 0.15) is 37.0 Å². The number of ether oxygens (including phenoxy) is 2. The van der Waals surface area contributed by atoms with Crippen LogP contribution in [0.3, 0.4) is 0 Å². The number of benzene rings is 2. The second kappa shape index (κ2) is 9.11. The topological polar surface area (TPSA) is 47.6 Å². The monoisotopic (exact) mass is 341 g/mol. The molecule has 4 nitrogen and oxygen atoms in total. The summed E-state index contributed by atoms with van der Waals surface area (Å²) in [5.74, 6) is 1.43. The predicted molar refractivity (Wildman–Crippen MR) is 100 cm³/mol. The first kappa shape index (κ1) is 18.8. The number of nitrogens with one attached hydrogen (secondary N) is 1. The summed E-state index contributed by atoms with van der Waals surface area (Å²) < 4.78 is 11.4. The van der Waals surface area contributed by atoms with Gasteiger partial charge in [0.15, 0.2) is 6.10 Å². The molecule has 0 aliphatic heterocycles. The summed E-state index contributed by atoms with van der Waals surface area (Å²) in [4.78, 5) is 12.4. The number of carbonyl (C=O) groups excluding carboxylic acids is 1. The highest BCUT2D eigenvalue weighted by Crippen LogP contribution is 2.19. The Bertz CT molecular complexity index is 712. The molecule has 0 radical (unpaired) electrons. The Kier molecular flexibility index (Phi) is 6.87. The van der Waals surface area contributed by atoms with Crippen molar-refractivity contribution in [2.75, 3.05) is 6.61 Å². The van der Waals surface area contributed by atoms with Crippen LogP contribution in [-0.2, 0) is 11.3 Å². The number of hydrogen-bond donors (Lipinski definition) is 1. The Balaban J connectivity index is 1.95. The van der Waals surface area contributed by atoms with Crippen molar-refractivity contribution in [1.29, 1.82) is 0 Å². The normalized spacial score (nSPS) is 11.7. The summed E-state index contributed by atoms with van der Waals surface area (Å²) in [5.41, 5.74) is 3.36. The van der Waals surface area contributed by atoms with Gasteiger partial charge < -0.3 is 14.8 Å². The molecule has 0 aliphatic carbocycles. The average Bonchev–Trinajstić information content (AvgIpc) is 2.61. The van der Waals surface area contributed by atoms with E-state index in [1.165, 1.54) is 5.56 Å². The minimum atomic E-state index is -0.503. The summed E-state index contributed by atoms with van der Waals surface area (Å²) in [6.07, 6.45) is 0.106. The van der Waals surface area contributed by atoms with E-state index in [4.69, 9.17) is 9.47 Å². The van der Waals surface area contributed by atoms with Crippen molar-refractivity contribution < 1.29 is 14.3 Å². The van der Waals surface area contributed by atoms with Crippen LogP contribution in [0, 0.1) is 13.8 Å². The van der Waals surface area contributed by atoms with Crippen molar-refractivity contribution in [3.05, 3.63) is 59.2 Å². The third kappa shape index (κ3) is 5.52. The molecule has 1 amide bonds. The van der Waals surface area contributed by atoms with Gasteiger partial charge in [0.05, 0.1) is 6.61 Å². The van der Waals surface area contributed by atoms with Gasteiger partial charge in [0.25, 0.3) is 5.91 Å². The van der Waals surface area contributed by atoms with Gasteiger partial charge in [-0.15, -0.1) is 0 Å². The molecular weight excluding hydrogens is 314 g/mol. The molecule has 0 unspecified atom stereocenters. The van der Waals surface area contributed by atoms with Crippen LogP contribution < -0.4 is 14.8 Å². The molecule has 0 saturated carbocycles. The van der Waals surface area contributed by atoms with Crippen LogP contribution in [-0.4, -0.2) is 18.6 Å². The number of hydrogen-bond acceptors (Lipinski definition) is 3. The summed E-state index contributed by atoms with van der Waals surface area (Å²) in [7, 11) is 0. The van der Waals surface area contributed by atoms with Gasteiger partial charge in [-0.3, -0.25) is 4.79 Å².